The molecule has 0 aliphatic carbocycles. The van der Waals surface area contributed by atoms with E-state index in [0.29, 0.717) is 0 Å². The van der Waals surface area contributed by atoms with E-state index in [0.717, 1.165) is 24.3 Å². The van der Waals surface area contributed by atoms with E-state index < -0.39 is 17.6 Å². The van der Waals surface area contributed by atoms with Crippen LogP contribution in [-0.2, 0) is 6.18 Å². The highest BCUT2D eigenvalue weighted by atomic mass is 35.5. The van der Waals surface area contributed by atoms with E-state index in [9.17, 15) is 18.0 Å². The summed E-state index contributed by atoms with van der Waals surface area (Å²) in [7, 11) is 0. The Morgan fingerprint density at radius 3 is 2.24 bits per heavy atom. The van der Waals surface area contributed by atoms with Crippen LogP contribution in [0.2, 0.25) is 0 Å². The van der Waals surface area contributed by atoms with Crippen LogP contribution < -0.4 is 5.32 Å². The SMILES string of the molecule is C=C(Cl)CNC(=O)c1ccc(C(F)(F)F)cc1. The van der Waals surface area contributed by atoms with Gasteiger partial charge in [0.15, 0.2) is 0 Å². The van der Waals surface area contributed by atoms with Crippen molar-refractivity contribution in [2.45, 2.75) is 6.18 Å². The first-order chi connectivity index (χ1) is 7.80. The maximum absolute atomic E-state index is 12.2. The Balaban J connectivity index is 2.74. The number of nitrogens with one attached hydrogen (secondary N) is 1. The van der Waals surface area contributed by atoms with Crippen molar-refractivity contribution in [1.82, 2.24) is 5.32 Å². The van der Waals surface area contributed by atoms with E-state index in [-0.39, 0.29) is 17.1 Å². The fourth-order valence-corrected chi connectivity index (χ4v) is 1.16. The van der Waals surface area contributed by atoms with Crippen molar-refractivity contribution >= 4 is 17.5 Å². The number of alkyl halides is 3. The Hall–Kier alpha value is -1.49. The molecule has 0 saturated heterocycles. The van der Waals surface area contributed by atoms with Gasteiger partial charge in [0.1, 0.15) is 0 Å². The number of carbonyl (C=O) groups is 1. The monoisotopic (exact) mass is 263 g/mol. The molecule has 0 aliphatic rings. The zero-order valence-electron chi connectivity index (χ0n) is 8.64. The van der Waals surface area contributed by atoms with E-state index in [1.807, 2.05) is 0 Å². The summed E-state index contributed by atoms with van der Waals surface area (Å²) in [6.07, 6.45) is -4.40. The topological polar surface area (TPSA) is 29.1 Å². The Bertz CT molecular complexity index is 425. The van der Waals surface area contributed by atoms with Crippen LogP contribution in [0.15, 0.2) is 35.9 Å². The second-order valence-corrected chi connectivity index (χ2v) is 3.81. The van der Waals surface area contributed by atoms with Crippen LogP contribution in [0.4, 0.5) is 13.2 Å². The highest BCUT2D eigenvalue weighted by molar-refractivity contribution is 6.29. The van der Waals surface area contributed by atoms with E-state index >= 15 is 0 Å². The van der Waals surface area contributed by atoms with Gasteiger partial charge >= 0.3 is 6.18 Å². The number of rotatable bonds is 3. The smallest absolute Gasteiger partial charge is 0.347 e. The van der Waals surface area contributed by atoms with Crippen LogP contribution in [0.3, 0.4) is 0 Å². The average Bonchev–Trinajstić information content (AvgIpc) is 2.25. The Morgan fingerprint density at radius 1 is 1.29 bits per heavy atom. The molecule has 1 aromatic carbocycles. The Kier molecular flexibility index (Phi) is 4.17. The van der Waals surface area contributed by atoms with Crippen molar-refractivity contribution in [2.75, 3.05) is 6.54 Å². The molecule has 1 aromatic rings. The van der Waals surface area contributed by atoms with Crippen LogP contribution in [-0.4, -0.2) is 12.5 Å². The largest absolute Gasteiger partial charge is 0.416 e. The first-order valence-corrected chi connectivity index (χ1v) is 4.97. The normalized spacial score (nSPS) is 11.1. The third kappa shape index (κ3) is 4.11. The molecule has 6 heteroatoms. The molecule has 0 aliphatic heterocycles. The van der Waals surface area contributed by atoms with Crippen LogP contribution in [0, 0.1) is 0 Å². The summed E-state index contributed by atoms with van der Waals surface area (Å²) in [5.41, 5.74) is -0.660. The Labute approximate surface area is 101 Å². The molecule has 0 atom stereocenters. The molecule has 0 fully saturated rings. The van der Waals surface area contributed by atoms with Gasteiger partial charge in [0.05, 0.1) is 12.1 Å². The second-order valence-electron chi connectivity index (χ2n) is 3.28. The van der Waals surface area contributed by atoms with Crippen LogP contribution in [0.1, 0.15) is 15.9 Å². The number of hydrogen-bond acceptors (Lipinski definition) is 1. The molecule has 1 rings (SSSR count). The second kappa shape index (κ2) is 5.23. The molecule has 0 aromatic heterocycles. The number of hydrogen-bond donors (Lipinski definition) is 1. The zero-order chi connectivity index (χ0) is 13.1. The van der Waals surface area contributed by atoms with E-state index in [2.05, 4.69) is 11.9 Å². The molecule has 92 valence electrons. The lowest BCUT2D eigenvalue weighted by atomic mass is 10.1. The summed E-state index contributed by atoms with van der Waals surface area (Å²) in [6.45, 7) is 3.44. The fourth-order valence-electron chi connectivity index (χ4n) is 1.09. The van der Waals surface area contributed by atoms with Gasteiger partial charge < -0.3 is 5.32 Å². The molecule has 17 heavy (non-hydrogen) atoms. The maximum Gasteiger partial charge on any atom is 0.416 e. The molecule has 0 unspecified atom stereocenters. The molecule has 0 spiro atoms. The summed E-state index contributed by atoms with van der Waals surface area (Å²) in [5, 5.41) is 2.65. The molecule has 1 N–H and O–H groups in total. The fraction of sp³-hybridized carbons (Fsp3) is 0.182. The quantitative estimate of drug-likeness (QED) is 0.892. The zero-order valence-corrected chi connectivity index (χ0v) is 9.40. The van der Waals surface area contributed by atoms with E-state index in [4.69, 9.17) is 11.6 Å². The van der Waals surface area contributed by atoms with Gasteiger partial charge in [0, 0.05) is 10.6 Å². The maximum atomic E-state index is 12.2. The van der Waals surface area contributed by atoms with E-state index in [1.165, 1.54) is 0 Å². The van der Waals surface area contributed by atoms with Gasteiger partial charge in [-0.05, 0) is 24.3 Å². The lowest BCUT2D eigenvalue weighted by Gasteiger charge is -2.07. The van der Waals surface area contributed by atoms with Gasteiger partial charge in [-0.25, -0.2) is 0 Å². The van der Waals surface area contributed by atoms with Crippen molar-refractivity contribution in [2.24, 2.45) is 0 Å². The number of benzene rings is 1. The summed E-state index contributed by atoms with van der Waals surface area (Å²) in [6, 6.07) is 3.92. The molecule has 0 bridgehead atoms. The van der Waals surface area contributed by atoms with Gasteiger partial charge in [0.25, 0.3) is 5.91 Å². The van der Waals surface area contributed by atoms with Gasteiger partial charge in [-0.3, -0.25) is 4.79 Å². The highest BCUT2D eigenvalue weighted by Gasteiger charge is 2.30. The van der Waals surface area contributed by atoms with Gasteiger partial charge in [0.2, 0.25) is 0 Å². The predicted molar refractivity (Wildman–Crippen MR) is 58.8 cm³/mol. The van der Waals surface area contributed by atoms with Crippen LogP contribution in [0.5, 0.6) is 0 Å². The molecule has 0 saturated carbocycles. The molecule has 2 nitrogen and oxygen atoms in total. The number of carbonyl (C=O) groups excluding carboxylic acids is 1. The minimum atomic E-state index is -4.40. The van der Waals surface area contributed by atoms with Gasteiger partial charge in [-0.2, -0.15) is 13.2 Å². The van der Waals surface area contributed by atoms with Crippen molar-refractivity contribution in [3.05, 3.63) is 47.0 Å². The highest BCUT2D eigenvalue weighted by Crippen LogP contribution is 2.28. The van der Waals surface area contributed by atoms with Crippen molar-refractivity contribution in [3.63, 3.8) is 0 Å². The van der Waals surface area contributed by atoms with Gasteiger partial charge in [-0.15, -0.1) is 0 Å². The summed E-state index contributed by atoms with van der Waals surface area (Å²) in [4.78, 5) is 11.4. The summed E-state index contributed by atoms with van der Waals surface area (Å²) < 4.78 is 36.7. The number of halogens is 4. The van der Waals surface area contributed by atoms with Crippen LogP contribution >= 0.6 is 11.6 Å². The predicted octanol–water partition coefficient (Wildman–Crippen LogP) is 3.19. The first-order valence-electron chi connectivity index (χ1n) is 4.59. The summed E-state index contributed by atoms with van der Waals surface area (Å²) in [5.74, 6) is -0.500. The van der Waals surface area contributed by atoms with E-state index in [1.54, 1.807) is 0 Å². The van der Waals surface area contributed by atoms with Crippen molar-refractivity contribution < 1.29 is 18.0 Å². The minimum absolute atomic E-state index is 0.0708. The minimum Gasteiger partial charge on any atom is -0.347 e. The average molecular weight is 264 g/mol. The Morgan fingerprint density at radius 2 is 1.82 bits per heavy atom. The molecule has 0 heterocycles. The molecular weight excluding hydrogens is 255 g/mol. The third-order valence-corrected chi connectivity index (χ3v) is 2.05. The van der Waals surface area contributed by atoms with Gasteiger partial charge in [-0.1, -0.05) is 18.2 Å². The van der Waals surface area contributed by atoms with Crippen molar-refractivity contribution in [1.29, 1.82) is 0 Å². The molecular formula is C11H9ClF3NO. The lowest BCUT2D eigenvalue weighted by Crippen LogP contribution is -2.24. The molecule has 1 amide bonds. The third-order valence-electron chi connectivity index (χ3n) is 1.92. The molecule has 0 radical (unpaired) electrons. The first kappa shape index (κ1) is 13.6. The van der Waals surface area contributed by atoms with Crippen LogP contribution in [0.25, 0.3) is 0 Å². The number of amides is 1. The standard InChI is InChI=1S/C11H9ClF3NO/c1-7(12)6-16-10(17)8-2-4-9(5-3-8)11(13,14)15/h2-5H,1,6H2,(H,16,17). The van der Waals surface area contributed by atoms with Crippen molar-refractivity contribution in [3.8, 4) is 0 Å². The lowest BCUT2D eigenvalue weighted by molar-refractivity contribution is -0.137. The summed E-state index contributed by atoms with van der Waals surface area (Å²) >= 11 is 5.44.